The molecule has 0 aliphatic carbocycles. The summed E-state index contributed by atoms with van der Waals surface area (Å²) in [5.74, 6) is 8.00. The average Bonchev–Trinajstić information content (AvgIpc) is 1.72. The lowest BCUT2D eigenvalue weighted by molar-refractivity contribution is 0.183. The van der Waals surface area contributed by atoms with E-state index in [0.29, 0.717) is 0 Å². The molecule has 0 heterocycles. The first kappa shape index (κ1) is 10.8. The predicted octanol–water partition coefficient (Wildman–Crippen LogP) is -0.0139. The summed E-state index contributed by atoms with van der Waals surface area (Å²) in [7, 11) is 0. The van der Waals surface area contributed by atoms with Crippen molar-refractivity contribution in [1.29, 1.82) is 0 Å². The molecule has 0 aromatic carbocycles. The second-order valence-electron chi connectivity index (χ2n) is 1.64. The summed E-state index contributed by atoms with van der Waals surface area (Å²) in [6.07, 6.45) is 1.91. The first-order chi connectivity index (χ1) is 3.77. The van der Waals surface area contributed by atoms with Crippen LogP contribution in [0.2, 0.25) is 0 Å². The first-order valence-corrected chi connectivity index (χ1v) is 2.78. The molecule has 0 aliphatic rings. The molecule has 0 fully saturated rings. The Morgan fingerprint density at radius 1 is 1.50 bits per heavy atom. The minimum absolute atomic E-state index is 0.102. The number of aliphatic hydroxyl groups excluding tert-OH is 1. The van der Waals surface area contributed by atoms with Gasteiger partial charge in [-0.15, -0.1) is 0 Å². The summed E-state index contributed by atoms with van der Waals surface area (Å²) in [5, 5.41) is 8.55. The summed E-state index contributed by atoms with van der Waals surface area (Å²) in [6, 6.07) is 0. The first-order valence-electron chi connectivity index (χ1n) is 2.78. The van der Waals surface area contributed by atoms with Crippen molar-refractivity contribution >= 4 is 0 Å². The van der Waals surface area contributed by atoms with E-state index in [0.717, 1.165) is 12.8 Å². The second-order valence-corrected chi connectivity index (χ2v) is 1.64. The summed E-state index contributed by atoms with van der Waals surface area (Å²) in [4.78, 5) is 0. The van der Waals surface area contributed by atoms with E-state index in [2.05, 4.69) is 18.6 Å². The molecule has 0 saturated heterocycles. The monoisotopic (exact) mass is 120 g/mol. The Hall–Kier alpha value is -0.120. The van der Waals surface area contributed by atoms with Gasteiger partial charge in [0, 0.05) is 0 Å². The van der Waals surface area contributed by atoms with Crippen molar-refractivity contribution in [3.63, 3.8) is 0 Å². The normalized spacial score (nSPS) is 11.6. The summed E-state index contributed by atoms with van der Waals surface area (Å²) in [6.45, 7) is 3.87. The Kier molecular flexibility index (Phi) is 13.5. The molecule has 0 aromatic heterocycles. The summed E-state index contributed by atoms with van der Waals surface area (Å²) in [5.41, 5.74) is 0. The molecular weight excluding hydrogens is 104 g/mol. The molecule has 3 nitrogen and oxygen atoms in total. The van der Waals surface area contributed by atoms with E-state index in [9.17, 15) is 0 Å². The van der Waals surface area contributed by atoms with Crippen LogP contribution in [0.5, 0.6) is 0 Å². The Labute approximate surface area is 50.6 Å². The fourth-order valence-corrected chi connectivity index (χ4v) is 0.418. The van der Waals surface area contributed by atoms with Crippen LogP contribution in [0.15, 0.2) is 0 Å². The van der Waals surface area contributed by atoms with Gasteiger partial charge in [-0.05, 0) is 13.3 Å². The summed E-state index contributed by atoms with van der Waals surface area (Å²) >= 11 is 0. The SMILES string of the molecule is CCCC(C)O.NN. The van der Waals surface area contributed by atoms with Crippen LogP contribution >= 0.6 is 0 Å². The highest BCUT2D eigenvalue weighted by Gasteiger charge is 1.87. The maximum Gasteiger partial charge on any atom is 0.0512 e. The van der Waals surface area contributed by atoms with Crippen molar-refractivity contribution in [2.24, 2.45) is 11.7 Å². The number of aliphatic hydroxyl groups is 1. The van der Waals surface area contributed by atoms with Gasteiger partial charge in [0.15, 0.2) is 0 Å². The molecule has 3 heteroatoms. The zero-order valence-electron chi connectivity index (χ0n) is 5.59. The smallest absolute Gasteiger partial charge is 0.0512 e. The molecular formula is C5H16N2O. The zero-order valence-corrected chi connectivity index (χ0v) is 5.59. The number of rotatable bonds is 2. The van der Waals surface area contributed by atoms with Crippen molar-refractivity contribution < 1.29 is 5.11 Å². The quantitative estimate of drug-likeness (QED) is 0.354. The Morgan fingerprint density at radius 2 is 1.88 bits per heavy atom. The third-order valence-electron chi connectivity index (χ3n) is 0.706. The molecule has 0 spiro atoms. The minimum Gasteiger partial charge on any atom is -0.393 e. The predicted molar refractivity (Wildman–Crippen MR) is 35.0 cm³/mol. The molecule has 0 saturated carbocycles. The molecule has 0 rings (SSSR count). The van der Waals surface area contributed by atoms with Crippen LogP contribution in [0.4, 0.5) is 0 Å². The van der Waals surface area contributed by atoms with Crippen molar-refractivity contribution in [3.05, 3.63) is 0 Å². The van der Waals surface area contributed by atoms with Crippen molar-refractivity contribution in [3.8, 4) is 0 Å². The van der Waals surface area contributed by atoms with E-state index in [4.69, 9.17) is 5.11 Å². The van der Waals surface area contributed by atoms with Crippen LogP contribution in [0.1, 0.15) is 26.7 Å². The van der Waals surface area contributed by atoms with Gasteiger partial charge in [-0.25, -0.2) is 0 Å². The molecule has 0 bridgehead atoms. The average molecular weight is 120 g/mol. The van der Waals surface area contributed by atoms with E-state index < -0.39 is 0 Å². The van der Waals surface area contributed by atoms with E-state index in [1.54, 1.807) is 0 Å². The molecule has 0 aromatic rings. The Morgan fingerprint density at radius 3 is 1.88 bits per heavy atom. The second kappa shape index (κ2) is 9.99. The van der Waals surface area contributed by atoms with Gasteiger partial charge >= 0.3 is 0 Å². The molecule has 8 heavy (non-hydrogen) atoms. The molecule has 0 aliphatic heterocycles. The van der Waals surface area contributed by atoms with Gasteiger partial charge < -0.3 is 5.11 Å². The van der Waals surface area contributed by atoms with Crippen LogP contribution in [0.25, 0.3) is 0 Å². The van der Waals surface area contributed by atoms with Gasteiger partial charge in [0.2, 0.25) is 0 Å². The fourth-order valence-electron chi connectivity index (χ4n) is 0.418. The van der Waals surface area contributed by atoms with Crippen LogP contribution in [-0.2, 0) is 0 Å². The molecule has 52 valence electrons. The maximum absolute atomic E-state index is 8.55. The van der Waals surface area contributed by atoms with Gasteiger partial charge in [-0.1, -0.05) is 13.3 Å². The lowest BCUT2D eigenvalue weighted by Gasteiger charge is -1.95. The topological polar surface area (TPSA) is 72.3 Å². The fraction of sp³-hybridized carbons (Fsp3) is 1.00. The van der Waals surface area contributed by atoms with Crippen molar-refractivity contribution in [2.75, 3.05) is 0 Å². The van der Waals surface area contributed by atoms with E-state index in [1.165, 1.54) is 0 Å². The third-order valence-corrected chi connectivity index (χ3v) is 0.706. The van der Waals surface area contributed by atoms with Gasteiger partial charge in [0.05, 0.1) is 6.10 Å². The number of hydrazine groups is 1. The van der Waals surface area contributed by atoms with Crippen LogP contribution in [-0.4, -0.2) is 11.2 Å². The minimum atomic E-state index is -0.102. The van der Waals surface area contributed by atoms with Gasteiger partial charge in [-0.3, -0.25) is 11.7 Å². The molecule has 5 N–H and O–H groups in total. The van der Waals surface area contributed by atoms with E-state index >= 15 is 0 Å². The molecule has 0 amide bonds. The standard InChI is InChI=1S/C5H12O.H4N2/c1-3-4-5(2)6;1-2/h5-6H,3-4H2,1-2H3;1-2H2. The van der Waals surface area contributed by atoms with Gasteiger partial charge in [-0.2, -0.15) is 0 Å². The van der Waals surface area contributed by atoms with Gasteiger partial charge in [0.25, 0.3) is 0 Å². The van der Waals surface area contributed by atoms with Crippen LogP contribution in [0.3, 0.4) is 0 Å². The highest BCUT2D eigenvalue weighted by atomic mass is 16.3. The maximum atomic E-state index is 8.55. The number of nitrogens with two attached hydrogens (primary N) is 2. The van der Waals surface area contributed by atoms with Crippen LogP contribution < -0.4 is 11.7 Å². The molecule has 0 radical (unpaired) electrons. The number of hydrogen-bond donors (Lipinski definition) is 3. The number of hydrogen-bond acceptors (Lipinski definition) is 3. The van der Waals surface area contributed by atoms with Crippen molar-refractivity contribution in [1.82, 2.24) is 0 Å². The summed E-state index contributed by atoms with van der Waals surface area (Å²) < 4.78 is 0. The Balaban J connectivity index is 0. The highest BCUT2D eigenvalue weighted by molar-refractivity contribution is 4.40. The lowest BCUT2D eigenvalue weighted by Crippen LogP contribution is -2.02. The largest absolute Gasteiger partial charge is 0.393 e. The molecule has 1 atom stereocenters. The zero-order chi connectivity index (χ0) is 6.99. The van der Waals surface area contributed by atoms with Crippen molar-refractivity contribution in [2.45, 2.75) is 32.8 Å². The Bertz CT molecular complexity index is 31.6. The third kappa shape index (κ3) is 16.9. The van der Waals surface area contributed by atoms with Crippen LogP contribution in [0, 0.1) is 0 Å². The molecule has 1 unspecified atom stereocenters. The highest BCUT2D eigenvalue weighted by Crippen LogP contribution is 1.91. The van der Waals surface area contributed by atoms with E-state index in [-0.39, 0.29) is 6.10 Å². The lowest BCUT2D eigenvalue weighted by atomic mass is 10.2. The van der Waals surface area contributed by atoms with Gasteiger partial charge in [0.1, 0.15) is 0 Å². The van der Waals surface area contributed by atoms with E-state index in [1.807, 2.05) is 6.92 Å².